The molecule has 0 bridgehead atoms. The van der Waals surface area contributed by atoms with Crippen molar-refractivity contribution in [2.24, 2.45) is 0 Å². The summed E-state index contributed by atoms with van der Waals surface area (Å²) < 4.78 is 0. The maximum Gasteiger partial charge on any atom is 3.00 e. The molecule has 0 aliphatic carbocycles. The fourth-order valence-electron chi connectivity index (χ4n) is 0.272. The molecule has 8 nitrogen and oxygen atoms in total. The van der Waals surface area contributed by atoms with Crippen LogP contribution in [0.3, 0.4) is 0 Å². The largest absolute Gasteiger partial charge is 3.00 e. The van der Waals surface area contributed by atoms with Crippen molar-refractivity contribution in [1.82, 2.24) is 0 Å². The zero-order valence-electron chi connectivity index (χ0n) is 8.93. The number of hydrogen-bond donors (Lipinski definition) is 0. The first-order valence-electron chi connectivity index (χ1n) is 3.45. The van der Waals surface area contributed by atoms with Gasteiger partial charge in [0.2, 0.25) is 0 Å². The summed E-state index contributed by atoms with van der Waals surface area (Å²) in [7, 11) is 0. The van der Waals surface area contributed by atoms with Gasteiger partial charge in [-0.3, -0.25) is 0 Å². The number of hydrogen-bond acceptors (Lipinski definition) is 8. The van der Waals surface area contributed by atoms with Crippen LogP contribution in [0.15, 0.2) is 24.3 Å². The van der Waals surface area contributed by atoms with Crippen molar-refractivity contribution in [3.8, 4) is 0 Å². The summed E-state index contributed by atoms with van der Waals surface area (Å²) in [6, 6.07) is 0. The van der Waals surface area contributed by atoms with E-state index in [0.717, 1.165) is 0 Å². The zero-order valence-corrected chi connectivity index (χ0v) is 13.2. The van der Waals surface area contributed by atoms with Gasteiger partial charge in [-0.1, -0.05) is 0 Å². The van der Waals surface area contributed by atoms with Crippen LogP contribution in [0.1, 0.15) is 0 Å². The summed E-state index contributed by atoms with van der Waals surface area (Å²) in [4.78, 5) is 37.7. The molecule has 93 valence electrons. The smallest absolute Gasteiger partial charge is 0.545 e. The maximum absolute atomic E-state index is 9.41. The Morgan fingerprint density at radius 2 is 0.667 bits per heavy atom. The molecule has 0 aromatic carbocycles. The zero-order chi connectivity index (χ0) is 13.1. The SMILES string of the molecule is O=C([O-])/C=C\C(=O)[O-].O=C([O-])/C=C\C(=O)[O-].[Gd+3].[Na+]. The van der Waals surface area contributed by atoms with Gasteiger partial charge in [-0.2, -0.15) is 0 Å². The summed E-state index contributed by atoms with van der Waals surface area (Å²) in [5.41, 5.74) is 0. The summed E-state index contributed by atoms with van der Waals surface area (Å²) in [5.74, 6) is -6.19. The van der Waals surface area contributed by atoms with Crippen molar-refractivity contribution in [3.63, 3.8) is 0 Å². The van der Waals surface area contributed by atoms with E-state index >= 15 is 0 Å². The second kappa shape index (κ2) is 16.7. The van der Waals surface area contributed by atoms with Gasteiger partial charge < -0.3 is 39.6 Å². The summed E-state index contributed by atoms with van der Waals surface area (Å²) in [6.07, 6.45) is 1.54. The second-order valence-electron chi connectivity index (χ2n) is 1.94. The van der Waals surface area contributed by atoms with E-state index in [1.54, 1.807) is 0 Å². The van der Waals surface area contributed by atoms with Gasteiger partial charge in [-0.25, -0.2) is 0 Å². The van der Waals surface area contributed by atoms with Gasteiger partial charge in [0, 0.05) is 0 Å². The van der Waals surface area contributed by atoms with E-state index in [2.05, 4.69) is 0 Å². The first-order valence-corrected chi connectivity index (χ1v) is 3.45. The van der Waals surface area contributed by atoms with E-state index in [0.29, 0.717) is 24.3 Å². The van der Waals surface area contributed by atoms with Crippen LogP contribution in [0.4, 0.5) is 0 Å². The van der Waals surface area contributed by atoms with Gasteiger partial charge in [0.25, 0.3) is 0 Å². The molecule has 0 aliphatic heterocycles. The Labute approximate surface area is 155 Å². The van der Waals surface area contributed by atoms with Crippen molar-refractivity contribution in [2.75, 3.05) is 0 Å². The van der Waals surface area contributed by atoms with E-state index in [9.17, 15) is 39.6 Å². The normalized spacial score (nSPS) is 8.44. The van der Waals surface area contributed by atoms with Crippen LogP contribution in [-0.4, -0.2) is 23.9 Å². The van der Waals surface area contributed by atoms with Crippen LogP contribution in [-0.2, 0) is 19.2 Å². The summed E-state index contributed by atoms with van der Waals surface area (Å²) in [6.45, 7) is 0. The molecule has 10 heteroatoms. The minimum Gasteiger partial charge on any atom is -0.545 e. The average molecular weight is 408 g/mol. The van der Waals surface area contributed by atoms with E-state index in [4.69, 9.17) is 0 Å². The monoisotopic (exact) mass is 409 g/mol. The minimum absolute atomic E-state index is 0. The van der Waals surface area contributed by atoms with Gasteiger partial charge in [-0.05, 0) is 24.3 Å². The minimum atomic E-state index is -1.55. The van der Waals surface area contributed by atoms with Crippen LogP contribution in [0.5, 0.6) is 0 Å². The van der Waals surface area contributed by atoms with Gasteiger partial charge in [-0.15, -0.1) is 0 Å². The van der Waals surface area contributed by atoms with Gasteiger partial charge in [0.15, 0.2) is 0 Å². The number of carboxylic acid groups (broad SMARTS) is 4. The Hall–Kier alpha value is -0.315. The fourth-order valence-corrected chi connectivity index (χ4v) is 0.272. The standard InChI is InChI=1S/2C4H4O4.Gd.Na/c2*5-3(6)1-2-4(7)8;;/h2*1-2H,(H,5,6)(H,7,8);;/q;;+3;+1/p-4/b2*2-1-;;. The van der Waals surface area contributed by atoms with Crippen LogP contribution in [0, 0.1) is 39.9 Å². The number of carbonyl (C=O) groups is 4. The third-order valence-electron chi connectivity index (χ3n) is 0.711. The van der Waals surface area contributed by atoms with Crippen LogP contribution in [0.25, 0.3) is 0 Å². The molecule has 0 heterocycles. The molecule has 0 aliphatic rings. The molecule has 0 amide bonds. The Morgan fingerprint density at radius 3 is 0.722 bits per heavy atom. The molecule has 0 rings (SSSR count). The van der Waals surface area contributed by atoms with Crippen molar-refractivity contribution < 1.29 is 109 Å². The first kappa shape index (κ1) is 26.3. The van der Waals surface area contributed by atoms with Gasteiger partial charge in [0.1, 0.15) is 0 Å². The van der Waals surface area contributed by atoms with E-state index in [1.165, 1.54) is 0 Å². The average Bonchev–Trinajstić information content (AvgIpc) is 2.12. The topological polar surface area (TPSA) is 161 Å². The number of carboxylic acids is 4. The third-order valence-corrected chi connectivity index (χ3v) is 0.711. The molecule has 0 unspecified atom stereocenters. The molecule has 0 saturated heterocycles. The van der Waals surface area contributed by atoms with Crippen molar-refractivity contribution in [3.05, 3.63) is 24.3 Å². The van der Waals surface area contributed by atoms with Crippen molar-refractivity contribution in [2.45, 2.75) is 0 Å². The number of carbonyl (C=O) groups excluding carboxylic acids is 4. The molecule has 18 heavy (non-hydrogen) atoms. The molecular formula is C8H4GdNaO8. The second-order valence-corrected chi connectivity index (χ2v) is 1.94. The van der Waals surface area contributed by atoms with E-state index < -0.39 is 23.9 Å². The Morgan fingerprint density at radius 1 is 0.556 bits per heavy atom. The number of aliphatic carboxylic acids is 4. The summed E-state index contributed by atoms with van der Waals surface area (Å²) >= 11 is 0. The maximum atomic E-state index is 9.41. The quantitative estimate of drug-likeness (QED) is 0.327. The van der Waals surface area contributed by atoms with Crippen LogP contribution in [0.2, 0.25) is 0 Å². The molecule has 0 spiro atoms. The predicted octanol–water partition coefficient (Wildman–Crippen LogP) is -8.91. The third kappa shape index (κ3) is 36.1. The Kier molecular flexibility index (Phi) is 24.4. The number of rotatable bonds is 4. The van der Waals surface area contributed by atoms with E-state index in [-0.39, 0.29) is 69.5 Å². The molecule has 0 atom stereocenters. The Balaban J connectivity index is -0.0000000980. The van der Waals surface area contributed by atoms with Crippen LogP contribution < -0.4 is 50.0 Å². The molecule has 0 aromatic rings. The molecule has 0 aromatic heterocycles. The molecular weight excluding hydrogens is 404 g/mol. The first-order chi connectivity index (χ1) is 7.25. The van der Waals surface area contributed by atoms with Crippen LogP contribution >= 0.6 is 0 Å². The van der Waals surface area contributed by atoms with Gasteiger partial charge >= 0.3 is 69.5 Å². The van der Waals surface area contributed by atoms with Crippen molar-refractivity contribution >= 4 is 23.9 Å². The molecule has 0 fully saturated rings. The predicted molar refractivity (Wildman–Crippen MR) is 38.3 cm³/mol. The fraction of sp³-hybridized carbons (Fsp3) is 0. The molecule has 0 N–H and O–H groups in total. The molecule has 1 radical (unpaired) electrons. The van der Waals surface area contributed by atoms with E-state index in [1.807, 2.05) is 0 Å². The Bertz CT molecular complexity index is 283. The summed E-state index contributed by atoms with van der Waals surface area (Å²) in [5, 5.41) is 37.7. The van der Waals surface area contributed by atoms with Crippen molar-refractivity contribution in [1.29, 1.82) is 0 Å². The molecule has 0 saturated carbocycles. The van der Waals surface area contributed by atoms with Gasteiger partial charge in [0.05, 0.1) is 23.9 Å².